The van der Waals surface area contributed by atoms with Crippen molar-refractivity contribution in [2.45, 2.75) is 33.9 Å². The van der Waals surface area contributed by atoms with Gasteiger partial charge in [0.05, 0.1) is 0 Å². The van der Waals surface area contributed by atoms with Crippen molar-refractivity contribution in [3.05, 3.63) is 70.3 Å². The van der Waals surface area contributed by atoms with Gasteiger partial charge in [-0.1, -0.05) is 35.9 Å². The molecular weight excluding hydrogens is 324 g/mol. The smallest absolute Gasteiger partial charge is 0.251 e. The fourth-order valence-corrected chi connectivity index (χ4v) is 2.71. The van der Waals surface area contributed by atoms with Gasteiger partial charge in [0.1, 0.15) is 0 Å². The highest BCUT2D eigenvalue weighted by molar-refractivity contribution is 5.94. The average Bonchev–Trinajstić information content (AvgIpc) is 2.63. The van der Waals surface area contributed by atoms with Crippen molar-refractivity contribution in [1.29, 1.82) is 0 Å². The first-order chi connectivity index (χ1) is 12.5. The molecule has 3 N–H and O–H groups in total. The molecule has 0 unspecified atom stereocenters. The minimum Gasteiger partial charge on any atom is -0.352 e. The summed E-state index contributed by atoms with van der Waals surface area (Å²) >= 11 is 0. The molecule has 0 aliphatic carbocycles. The summed E-state index contributed by atoms with van der Waals surface area (Å²) in [5, 5.41) is 9.44. The predicted molar refractivity (Wildman–Crippen MR) is 107 cm³/mol. The molecule has 2 aromatic carbocycles. The highest BCUT2D eigenvalue weighted by atomic mass is 16.1. The van der Waals surface area contributed by atoms with Gasteiger partial charge in [-0.2, -0.15) is 0 Å². The number of rotatable bonds is 6. The maximum atomic E-state index is 11.9. The average molecular weight is 352 g/mol. The number of aliphatic imine (C=N–C) groups is 1. The first kappa shape index (κ1) is 19.5. The number of carbonyl (C=O) groups excluding carboxylic acids is 1. The molecule has 0 aliphatic rings. The van der Waals surface area contributed by atoms with E-state index in [9.17, 15) is 4.79 Å². The molecule has 0 saturated heterocycles. The van der Waals surface area contributed by atoms with Gasteiger partial charge >= 0.3 is 0 Å². The van der Waals surface area contributed by atoms with Crippen LogP contribution in [0.15, 0.2) is 47.5 Å². The molecule has 2 aromatic rings. The number of nitrogens with one attached hydrogen (secondary N) is 3. The van der Waals surface area contributed by atoms with Crippen LogP contribution in [-0.4, -0.2) is 25.5 Å². The van der Waals surface area contributed by atoms with Crippen LogP contribution in [0.1, 0.15) is 39.5 Å². The normalized spacial score (nSPS) is 11.2. The monoisotopic (exact) mass is 352 g/mol. The van der Waals surface area contributed by atoms with Crippen molar-refractivity contribution in [1.82, 2.24) is 16.0 Å². The van der Waals surface area contributed by atoms with Crippen LogP contribution in [0.5, 0.6) is 0 Å². The van der Waals surface area contributed by atoms with Gasteiger partial charge in [-0.15, -0.1) is 0 Å². The second-order valence-electron chi connectivity index (χ2n) is 6.27. The maximum Gasteiger partial charge on any atom is 0.251 e. The Morgan fingerprint density at radius 1 is 1.00 bits per heavy atom. The van der Waals surface area contributed by atoms with E-state index >= 15 is 0 Å². The number of nitrogens with zero attached hydrogens (tertiary/aromatic N) is 1. The number of guanidine groups is 1. The molecule has 2 rings (SSSR count). The van der Waals surface area contributed by atoms with E-state index < -0.39 is 0 Å². The maximum absolute atomic E-state index is 11.9. The Hall–Kier alpha value is -2.82. The Morgan fingerprint density at radius 3 is 2.46 bits per heavy atom. The second kappa shape index (κ2) is 9.61. The lowest BCUT2D eigenvalue weighted by Gasteiger charge is -2.14. The van der Waals surface area contributed by atoms with E-state index in [4.69, 9.17) is 0 Å². The van der Waals surface area contributed by atoms with Crippen LogP contribution in [0.3, 0.4) is 0 Å². The third kappa shape index (κ3) is 5.62. The Labute approximate surface area is 155 Å². The molecule has 0 aromatic heterocycles. The topological polar surface area (TPSA) is 65.5 Å². The predicted octanol–water partition coefficient (Wildman–Crippen LogP) is 2.92. The highest BCUT2D eigenvalue weighted by Crippen LogP contribution is 2.10. The fourth-order valence-electron chi connectivity index (χ4n) is 2.71. The molecule has 0 bridgehead atoms. The minimum atomic E-state index is -0.0493. The van der Waals surface area contributed by atoms with Crippen molar-refractivity contribution in [2.75, 3.05) is 13.6 Å². The van der Waals surface area contributed by atoms with E-state index in [1.54, 1.807) is 7.05 Å². The molecule has 5 nitrogen and oxygen atoms in total. The number of amides is 1. The van der Waals surface area contributed by atoms with Gasteiger partial charge in [0.2, 0.25) is 0 Å². The SMILES string of the molecule is CCNC(=O)c1cccc(CNC(=NC)NCc2ccc(C)cc2C)c1. The third-order valence-corrected chi connectivity index (χ3v) is 4.15. The molecule has 5 heteroatoms. The van der Waals surface area contributed by atoms with Gasteiger partial charge in [-0.25, -0.2) is 0 Å². The van der Waals surface area contributed by atoms with Crippen molar-refractivity contribution < 1.29 is 4.79 Å². The van der Waals surface area contributed by atoms with Crippen molar-refractivity contribution in [3.63, 3.8) is 0 Å². The Balaban J connectivity index is 1.92. The number of aryl methyl sites for hydroxylation is 2. The number of carbonyl (C=O) groups is 1. The lowest BCUT2D eigenvalue weighted by molar-refractivity contribution is 0.0955. The van der Waals surface area contributed by atoms with E-state index in [1.165, 1.54) is 16.7 Å². The summed E-state index contributed by atoms with van der Waals surface area (Å²) in [6, 6.07) is 14.0. The molecule has 1 amide bonds. The molecule has 26 heavy (non-hydrogen) atoms. The lowest BCUT2D eigenvalue weighted by atomic mass is 10.1. The summed E-state index contributed by atoms with van der Waals surface area (Å²) < 4.78 is 0. The van der Waals surface area contributed by atoms with E-state index in [0.29, 0.717) is 25.2 Å². The van der Waals surface area contributed by atoms with Crippen LogP contribution in [0.4, 0.5) is 0 Å². The van der Waals surface area contributed by atoms with E-state index in [0.717, 1.165) is 11.5 Å². The summed E-state index contributed by atoms with van der Waals surface area (Å²) in [4.78, 5) is 16.2. The molecule has 0 fully saturated rings. The molecule has 0 saturated carbocycles. The van der Waals surface area contributed by atoms with Crippen molar-refractivity contribution >= 4 is 11.9 Å². The summed E-state index contributed by atoms with van der Waals surface area (Å²) in [6.07, 6.45) is 0. The van der Waals surface area contributed by atoms with Gasteiger partial charge in [0.25, 0.3) is 5.91 Å². The van der Waals surface area contributed by atoms with Crippen molar-refractivity contribution in [3.8, 4) is 0 Å². The zero-order chi connectivity index (χ0) is 18.9. The van der Waals surface area contributed by atoms with Gasteiger partial charge in [0.15, 0.2) is 5.96 Å². The van der Waals surface area contributed by atoms with Crippen LogP contribution in [0.2, 0.25) is 0 Å². The third-order valence-electron chi connectivity index (χ3n) is 4.15. The van der Waals surface area contributed by atoms with E-state index in [-0.39, 0.29) is 5.91 Å². The molecule has 138 valence electrons. The first-order valence-corrected chi connectivity index (χ1v) is 8.91. The quantitative estimate of drug-likeness (QED) is 0.553. The van der Waals surface area contributed by atoms with Crippen LogP contribution in [0.25, 0.3) is 0 Å². The van der Waals surface area contributed by atoms with Crippen LogP contribution >= 0.6 is 0 Å². The van der Waals surface area contributed by atoms with E-state index in [1.807, 2.05) is 31.2 Å². The molecular formula is C21H28N4O. The highest BCUT2D eigenvalue weighted by Gasteiger charge is 2.06. The summed E-state index contributed by atoms with van der Waals surface area (Å²) in [7, 11) is 1.75. The van der Waals surface area contributed by atoms with Gasteiger partial charge in [-0.3, -0.25) is 9.79 Å². The second-order valence-corrected chi connectivity index (χ2v) is 6.27. The Morgan fingerprint density at radius 2 is 1.77 bits per heavy atom. The van der Waals surface area contributed by atoms with Gasteiger partial charge in [-0.05, 0) is 49.6 Å². The molecule has 0 aliphatic heterocycles. The number of benzene rings is 2. The summed E-state index contributed by atoms with van der Waals surface area (Å²) in [5.74, 6) is 0.681. The molecule has 0 atom stereocenters. The fraction of sp³-hybridized carbons (Fsp3) is 0.333. The Bertz CT molecular complexity index is 783. The van der Waals surface area contributed by atoms with Gasteiger partial charge < -0.3 is 16.0 Å². The van der Waals surface area contributed by atoms with Gasteiger partial charge in [0, 0.05) is 32.2 Å². The lowest BCUT2D eigenvalue weighted by Crippen LogP contribution is -2.36. The zero-order valence-electron chi connectivity index (χ0n) is 16.0. The number of hydrogen-bond donors (Lipinski definition) is 3. The first-order valence-electron chi connectivity index (χ1n) is 8.91. The zero-order valence-corrected chi connectivity index (χ0v) is 16.0. The minimum absolute atomic E-state index is 0.0493. The van der Waals surface area contributed by atoms with E-state index in [2.05, 4.69) is 53.0 Å². The standard InChI is InChI=1S/C21H28N4O/c1-5-23-20(26)18-8-6-7-17(12-18)13-24-21(22-4)25-14-19-10-9-15(2)11-16(19)3/h6-12H,5,13-14H2,1-4H3,(H,23,26)(H2,22,24,25). The van der Waals surface area contributed by atoms with Crippen LogP contribution in [-0.2, 0) is 13.1 Å². The molecule has 0 spiro atoms. The summed E-state index contributed by atoms with van der Waals surface area (Å²) in [5.41, 5.74) is 5.48. The Kier molecular flexibility index (Phi) is 7.21. The molecule has 0 radical (unpaired) electrons. The van der Waals surface area contributed by atoms with Crippen LogP contribution in [0, 0.1) is 13.8 Å². The number of hydrogen-bond acceptors (Lipinski definition) is 2. The van der Waals surface area contributed by atoms with Crippen molar-refractivity contribution in [2.24, 2.45) is 4.99 Å². The van der Waals surface area contributed by atoms with Crippen LogP contribution < -0.4 is 16.0 Å². The summed E-state index contributed by atoms with van der Waals surface area (Å²) in [6.45, 7) is 8.06. The molecule has 0 heterocycles. The largest absolute Gasteiger partial charge is 0.352 e.